The van der Waals surface area contributed by atoms with E-state index < -0.39 is 0 Å². The van der Waals surface area contributed by atoms with Gasteiger partial charge < -0.3 is 19.2 Å². The van der Waals surface area contributed by atoms with Gasteiger partial charge in [0.25, 0.3) is 0 Å². The third-order valence-electron chi connectivity index (χ3n) is 3.41. The van der Waals surface area contributed by atoms with Gasteiger partial charge in [0.2, 0.25) is 0 Å². The number of rotatable bonds is 4. The summed E-state index contributed by atoms with van der Waals surface area (Å²) in [7, 11) is 0. The molecule has 1 unspecified atom stereocenters. The van der Waals surface area contributed by atoms with Crippen molar-refractivity contribution in [3.63, 3.8) is 0 Å². The van der Waals surface area contributed by atoms with Crippen LogP contribution in [0.25, 0.3) is 0 Å². The Morgan fingerprint density at radius 3 is 2.67 bits per heavy atom. The van der Waals surface area contributed by atoms with Gasteiger partial charge in [0.1, 0.15) is 5.76 Å². The average molecular weight is 352 g/mol. The van der Waals surface area contributed by atoms with Gasteiger partial charge in [-0.05, 0) is 36.4 Å². The Morgan fingerprint density at radius 1 is 1.24 bits per heavy atom. The van der Waals surface area contributed by atoms with Crippen molar-refractivity contribution in [1.82, 2.24) is 5.32 Å². The second-order valence-corrected chi connectivity index (χ2v) is 5.73. The molecule has 1 aromatic heterocycles. The van der Waals surface area contributed by atoms with E-state index >= 15 is 0 Å². The highest BCUT2D eigenvalue weighted by Crippen LogP contribution is 2.39. The Kier molecular flexibility index (Phi) is 4.51. The lowest BCUT2D eigenvalue weighted by molar-refractivity contribution is 0.297. The zero-order chi connectivity index (χ0) is 14.7. The van der Waals surface area contributed by atoms with E-state index in [1.807, 2.05) is 24.3 Å². The van der Waals surface area contributed by atoms with Crippen molar-refractivity contribution in [3.8, 4) is 11.5 Å². The minimum atomic E-state index is -0.0171. The van der Waals surface area contributed by atoms with Crippen LogP contribution in [0, 0.1) is 0 Å². The van der Waals surface area contributed by atoms with Crippen LogP contribution in [-0.2, 0) is 0 Å². The molecular weight excluding hydrogens is 334 g/mol. The van der Waals surface area contributed by atoms with Gasteiger partial charge in [-0.3, -0.25) is 0 Å². The summed E-state index contributed by atoms with van der Waals surface area (Å²) in [4.78, 5) is 0. The smallest absolute Gasteiger partial charge is 0.162 e. The topological polar surface area (TPSA) is 43.6 Å². The van der Waals surface area contributed by atoms with Crippen molar-refractivity contribution >= 4 is 15.9 Å². The first kappa shape index (κ1) is 14.5. The first-order valence-electron chi connectivity index (χ1n) is 7.15. The van der Waals surface area contributed by atoms with Crippen molar-refractivity contribution in [2.75, 3.05) is 19.8 Å². The van der Waals surface area contributed by atoms with E-state index in [9.17, 15) is 0 Å². The zero-order valence-corrected chi connectivity index (χ0v) is 13.5. The van der Waals surface area contributed by atoms with Crippen LogP contribution in [0.3, 0.4) is 0 Å². The Morgan fingerprint density at radius 2 is 2.00 bits per heavy atom. The van der Waals surface area contributed by atoms with Crippen molar-refractivity contribution < 1.29 is 13.9 Å². The van der Waals surface area contributed by atoms with Gasteiger partial charge in [0.05, 0.1) is 25.5 Å². The van der Waals surface area contributed by atoms with Gasteiger partial charge in [-0.2, -0.15) is 0 Å². The Labute approximate surface area is 132 Å². The molecule has 0 fully saturated rings. The van der Waals surface area contributed by atoms with Crippen LogP contribution in [0.1, 0.15) is 30.7 Å². The van der Waals surface area contributed by atoms with E-state index in [2.05, 4.69) is 28.2 Å². The number of furan rings is 1. The largest absolute Gasteiger partial charge is 0.490 e. The standard InChI is InChI=1S/C16H18BrNO3/c1-2-18-16(13-5-3-6-19-13)11-9-14-15(10-12(11)17)21-8-4-7-20-14/h3,5-6,9-10,16,18H,2,4,7-8H2,1H3. The molecule has 0 radical (unpaired) electrons. The number of benzene rings is 1. The highest BCUT2D eigenvalue weighted by molar-refractivity contribution is 9.10. The highest BCUT2D eigenvalue weighted by atomic mass is 79.9. The van der Waals surface area contributed by atoms with Gasteiger partial charge in [0, 0.05) is 10.9 Å². The van der Waals surface area contributed by atoms with Crippen LogP contribution in [0.5, 0.6) is 11.5 Å². The van der Waals surface area contributed by atoms with Crippen molar-refractivity contribution in [1.29, 1.82) is 0 Å². The molecule has 112 valence electrons. The zero-order valence-electron chi connectivity index (χ0n) is 11.9. The molecule has 2 aromatic rings. The summed E-state index contributed by atoms with van der Waals surface area (Å²) in [6, 6.07) is 7.86. The molecule has 0 saturated heterocycles. The predicted molar refractivity (Wildman–Crippen MR) is 84.0 cm³/mol. The fraction of sp³-hybridized carbons (Fsp3) is 0.375. The number of ether oxygens (including phenoxy) is 2. The van der Waals surface area contributed by atoms with Crippen LogP contribution in [0.15, 0.2) is 39.4 Å². The minimum Gasteiger partial charge on any atom is -0.490 e. The summed E-state index contributed by atoms with van der Waals surface area (Å²) in [6.07, 6.45) is 2.59. The number of hydrogen-bond acceptors (Lipinski definition) is 4. The summed E-state index contributed by atoms with van der Waals surface area (Å²) < 4.78 is 18.1. The molecule has 0 bridgehead atoms. The van der Waals surface area contributed by atoms with Gasteiger partial charge in [0.15, 0.2) is 11.5 Å². The maximum absolute atomic E-state index is 5.79. The molecule has 1 aliphatic rings. The summed E-state index contributed by atoms with van der Waals surface area (Å²) >= 11 is 3.64. The molecule has 1 N–H and O–H groups in total. The fourth-order valence-electron chi connectivity index (χ4n) is 2.44. The number of hydrogen-bond donors (Lipinski definition) is 1. The molecule has 4 nitrogen and oxygen atoms in total. The maximum atomic E-state index is 5.79. The van der Waals surface area contributed by atoms with Gasteiger partial charge >= 0.3 is 0 Å². The molecule has 1 aromatic carbocycles. The first-order valence-corrected chi connectivity index (χ1v) is 7.94. The van der Waals surface area contributed by atoms with Gasteiger partial charge in [-0.15, -0.1) is 0 Å². The third kappa shape index (κ3) is 3.09. The predicted octanol–water partition coefficient (Wildman–Crippen LogP) is 3.90. The van der Waals surface area contributed by atoms with Crippen LogP contribution < -0.4 is 14.8 Å². The summed E-state index contributed by atoms with van der Waals surface area (Å²) in [5.41, 5.74) is 1.08. The molecule has 0 aliphatic carbocycles. The molecule has 0 spiro atoms. The molecule has 3 rings (SSSR count). The van der Waals surface area contributed by atoms with E-state index in [0.29, 0.717) is 13.2 Å². The number of halogens is 1. The van der Waals surface area contributed by atoms with E-state index in [4.69, 9.17) is 13.9 Å². The Bertz CT molecular complexity index is 598. The van der Waals surface area contributed by atoms with E-state index in [1.54, 1.807) is 6.26 Å². The monoisotopic (exact) mass is 351 g/mol. The van der Waals surface area contributed by atoms with Crippen molar-refractivity contribution in [3.05, 3.63) is 46.3 Å². The van der Waals surface area contributed by atoms with Crippen molar-refractivity contribution in [2.45, 2.75) is 19.4 Å². The lowest BCUT2D eigenvalue weighted by Gasteiger charge is -2.19. The van der Waals surface area contributed by atoms with Crippen molar-refractivity contribution in [2.24, 2.45) is 0 Å². The normalized spacial score (nSPS) is 15.5. The fourth-order valence-corrected chi connectivity index (χ4v) is 3.00. The second kappa shape index (κ2) is 6.54. The Hall–Kier alpha value is -1.46. The number of fused-ring (bicyclic) bond motifs is 1. The van der Waals surface area contributed by atoms with E-state index in [-0.39, 0.29) is 6.04 Å². The molecule has 0 saturated carbocycles. The first-order chi connectivity index (χ1) is 10.3. The lowest BCUT2D eigenvalue weighted by Crippen LogP contribution is -2.22. The van der Waals surface area contributed by atoms with Gasteiger partial charge in [-0.25, -0.2) is 0 Å². The molecule has 0 amide bonds. The molecule has 1 aliphatic heterocycles. The SMILES string of the molecule is CCNC(c1ccco1)c1cc2c(cc1Br)OCCCO2. The molecule has 2 heterocycles. The third-order valence-corrected chi connectivity index (χ3v) is 4.10. The highest BCUT2D eigenvalue weighted by Gasteiger charge is 2.22. The van der Waals surface area contributed by atoms with Gasteiger partial charge in [-0.1, -0.05) is 22.9 Å². The molecule has 5 heteroatoms. The number of nitrogens with one attached hydrogen (secondary N) is 1. The molecule has 21 heavy (non-hydrogen) atoms. The van der Waals surface area contributed by atoms with Crippen LogP contribution in [0.2, 0.25) is 0 Å². The minimum absolute atomic E-state index is 0.0171. The van der Waals surface area contributed by atoms with E-state index in [1.165, 1.54) is 0 Å². The van der Waals surface area contributed by atoms with E-state index in [0.717, 1.165) is 40.3 Å². The quantitative estimate of drug-likeness (QED) is 0.906. The van der Waals surface area contributed by atoms with Crippen LogP contribution in [0.4, 0.5) is 0 Å². The lowest BCUT2D eigenvalue weighted by atomic mass is 10.0. The molecular formula is C16H18BrNO3. The second-order valence-electron chi connectivity index (χ2n) is 4.88. The maximum Gasteiger partial charge on any atom is 0.162 e. The molecule has 1 atom stereocenters. The van der Waals surface area contributed by atoms with Crippen LogP contribution >= 0.6 is 15.9 Å². The summed E-state index contributed by atoms with van der Waals surface area (Å²) in [5, 5.41) is 3.44. The summed E-state index contributed by atoms with van der Waals surface area (Å²) in [5.74, 6) is 2.46. The summed E-state index contributed by atoms with van der Waals surface area (Å²) in [6.45, 7) is 4.29. The Balaban J connectivity index is 2.01. The average Bonchev–Trinajstić information content (AvgIpc) is 2.91. The van der Waals surface area contributed by atoms with Crippen LogP contribution in [-0.4, -0.2) is 19.8 Å².